The monoisotopic (exact) mass is 217 g/mol. The average molecular weight is 217 g/mol. The van der Waals surface area contributed by atoms with Gasteiger partial charge in [0, 0.05) is 12.0 Å². The first kappa shape index (κ1) is 12.2. The molecule has 0 aromatic rings. The Morgan fingerprint density at radius 1 is 1.53 bits per heavy atom. The molecule has 5 heteroatoms. The van der Waals surface area contributed by atoms with Crippen LogP contribution in [-0.4, -0.2) is 42.3 Å². The molecule has 1 rings (SSSR count). The van der Waals surface area contributed by atoms with Gasteiger partial charge in [0.05, 0.1) is 6.67 Å². The lowest BCUT2D eigenvalue weighted by molar-refractivity contribution is 0.154. The molecule has 15 heavy (non-hydrogen) atoms. The van der Waals surface area contributed by atoms with E-state index in [4.69, 9.17) is 10.9 Å². The molecule has 4 nitrogen and oxygen atoms in total. The van der Waals surface area contributed by atoms with E-state index in [9.17, 15) is 4.39 Å². The Morgan fingerprint density at radius 2 is 2.13 bits per heavy atom. The van der Waals surface area contributed by atoms with Crippen LogP contribution in [0.3, 0.4) is 0 Å². The van der Waals surface area contributed by atoms with Crippen LogP contribution in [0.25, 0.3) is 0 Å². The number of amidine groups is 1. The molecule has 0 aromatic heterocycles. The molecule has 88 valence electrons. The third kappa shape index (κ3) is 3.06. The Bertz CT molecular complexity index is 225. The third-order valence-corrected chi connectivity index (χ3v) is 3.29. The summed E-state index contributed by atoms with van der Waals surface area (Å²) in [6, 6.07) is 0. The maximum atomic E-state index is 12.0. The van der Waals surface area contributed by atoms with Crippen molar-refractivity contribution in [3.05, 3.63) is 0 Å². The summed E-state index contributed by atoms with van der Waals surface area (Å²) in [6.07, 6.45) is 2.34. The first-order valence-electron chi connectivity index (χ1n) is 5.39. The van der Waals surface area contributed by atoms with Crippen molar-refractivity contribution in [2.24, 2.45) is 16.3 Å². The molecule has 1 aliphatic rings. The van der Waals surface area contributed by atoms with Crippen LogP contribution >= 0.6 is 0 Å². The van der Waals surface area contributed by atoms with E-state index in [1.54, 1.807) is 0 Å². The first-order chi connectivity index (χ1) is 7.12. The quantitative estimate of drug-likeness (QED) is 0.322. The molecular weight excluding hydrogens is 197 g/mol. The van der Waals surface area contributed by atoms with Gasteiger partial charge in [0.15, 0.2) is 0 Å². The zero-order valence-corrected chi connectivity index (χ0v) is 9.25. The van der Waals surface area contributed by atoms with Crippen molar-refractivity contribution in [3.63, 3.8) is 0 Å². The van der Waals surface area contributed by atoms with E-state index in [1.807, 2.05) is 6.92 Å². The van der Waals surface area contributed by atoms with E-state index in [0.717, 1.165) is 32.5 Å². The van der Waals surface area contributed by atoms with Gasteiger partial charge in [0.2, 0.25) is 0 Å². The number of likely N-dealkylation sites (tertiary alicyclic amines) is 1. The lowest BCUT2D eigenvalue weighted by Crippen LogP contribution is -2.45. The summed E-state index contributed by atoms with van der Waals surface area (Å²) >= 11 is 0. The fraction of sp³-hybridized carbons (Fsp3) is 0.900. The van der Waals surface area contributed by atoms with Gasteiger partial charge in [-0.15, -0.1) is 0 Å². The summed E-state index contributed by atoms with van der Waals surface area (Å²) in [7, 11) is 0. The third-order valence-electron chi connectivity index (χ3n) is 3.29. The van der Waals surface area contributed by atoms with Crippen molar-refractivity contribution < 1.29 is 9.60 Å². The van der Waals surface area contributed by atoms with Crippen LogP contribution in [0.15, 0.2) is 5.16 Å². The van der Waals surface area contributed by atoms with Crippen molar-refractivity contribution in [2.75, 3.05) is 26.3 Å². The standard InChI is InChI=1S/C10H20FN3O/c1-10(9(12)13-15)3-7-14(8-4-10)6-2-5-11/h15H,2-8H2,1H3,(H2,12,13). The Morgan fingerprint density at radius 3 is 2.60 bits per heavy atom. The Balaban J connectivity index is 2.41. The minimum atomic E-state index is -0.256. The number of oxime groups is 1. The van der Waals surface area contributed by atoms with Crippen LogP contribution in [0.5, 0.6) is 0 Å². The largest absolute Gasteiger partial charge is 0.409 e. The molecule has 0 bridgehead atoms. The normalized spacial score (nSPS) is 22.9. The molecule has 0 saturated carbocycles. The number of nitrogens with two attached hydrogens (primary N) is 1. The van der Waals surface area contributed by atoms with Gasteiger partial charge in [-0.25, -0.2) is 0 Å². The topological polar surface area (TPSA) is 61.9 Å². The van der Waals surface area contributed by atoms with E-state index in [0.29, 0.717) is 12.3 Å². The highest BCUT2D eigenvalue weighted by molar-refractivity contribution is 5.85. The second-order valence-corrected chi connectivity index (χ2v) is 4.43. The van der Waals surface area contributed by atoms with Gasteiger partial charge >= 0.3 is 0 Å². The molecule has 0 unspecified atom stereocenters. The highest BCUT2D eigenvalue weighted by Gasteiger charge is 2.33. The number of hydrogen-bond acceptors (Lipinski definition) is 3. The summed E-state index contributed by atoms with van der Waals surface area (Å²) < 4.78 is 12.0. The summed E-state index contributed by atoms with van der Waals surface area (Å²) in [5.41, 5.74) is 5.46. The fourth-order valence-corrected chi connectivity index (χ4v) is 1.93. The van der Waals surface area contributed by atoms with Gasteiger partial charge in [-0.3, -0.25) is 4.39 Å². The Kier molecular flexibility index (Phi) is 4.32. The molecule has 0 aromatic carbocycles. The molecule has 0 amide bonds. The van der Waals surface area contributed by atoms with Gasteiger partial charge in [0.1, 0.15) is 5.84 Å². The molecule has 1 heterocycles. The number of piperidine rings is 1. The van der Waals surface area contributed by atoms with E-state index in [2.05, 4.69) is 10.1 Å². The van der Waals surface area contributed by atoms with Gasteiger partial charge in [-0.05, 0) is 32.4 Å². The summed E-state index contributed by atoms with van der Waals surface area (Å²) in [5.74, 6) is 0.313. The molecule has 1 aliphatic heterocycles. The van der Waals surface area contributed by atoms with Gasteiger partial charge in [-0.1, -0.05) is 12.1 Å². The van der Waals surface area contributed by atoms with Crippen LogP contribution in [0.2, 0.25) is 0 Å². The minimum Gasteiger partial charge on any atom is -0.409 e. The molecule has 0 spiro atoms. The van der Waals surface area contributed by atoms with Crippen molar-refractivity contribution in [2.45, 2.75) is 26.2 Å². The second kappa shape index (κ2) is 5.30. The van der Waals surface area contributed by atoms with Crippen LogP contribution in [0.1, 0.15) is 26.2 Å². The van der Waals surface area contributed by atoms with Crippen molar-refractivity contribution in [1.29, 1.82) is 0 Å². The average Bonchev–Trinajstić information content (AvgIpc) is 2.27. The van der Waals surface area contributed by atoms with Crippen LogP contribution in [0, 0.1) is 5.41 Å². The molecule has 0 radical (unpaired) electrons. The summed E-state index contributed by atoms with van der Waals surface area (Å²) in [4.78, 5) is 2.23. The van der Waals surface area contributed by atoms with E-state index < -0.39 is 0 Å². The number of halogens is 1. The lowest BCUT2D eigenvalue weighted by Gasteiger charge is -2.38. The predicted octanol–water partition coefficient (Wildman–Crippen LogP) is 1.19. The molecule has 0 atom stereocenters. The number of rotatable bonds is 4. The van der Waals surface area contributed by atoms with E-state index >= 15 is 0 Å². The lowest BCUT2D eigenvalue weighted by atomic mass is 9.79. The predicted molar refractivity (Wildman–Crippen MR) is 57.8 cm³/mol. The maximum absolute atomic E-state index is 12.0. The van der Waals surface area contributed by atoms with Crippen LogP contribution in [0.4, 0.5) is 4.39 Å². The van der Waals surface area contributed by atoms with Gasteiger partial charge < -0.3 is 15.8 Å². The smallest absolute Gasteiger partial charge is 0.145 e. The molecule has 0 aliphatic carbocycles. The summed E-state index contributed by atoms with van der Waals surface area (Å²) in [5, 5.41) is 11.7. The van der Waals surface area contributed by atoms with Crippen LogP contribution in [-0.2, 0) is 0 Å². The van der Waals surface area contributed by atoms with Crippen molar-refractivity contribution in [1.82, 2.24) is 4.90 Å². The van der Waals surface area contributed by atoms with Gasteiger partial charge in [-0.2, -0.15) is 0 Å². The number of hydrogen-bond donors (Lipinski definition) is 2. The second-order valence-electron chi connectivity index (χ2n) is 4.43. The number of alkyl halides is 1. The van der Waals surface area contributed by atoms with Gasteiger partial charge in [0.25, 0.3) is 0 Å². The van der Waals surface area contributed by atoms with E-state index in [-0.39, 0.29) is 12.1 Å². The fourth-order valence-electron chi connectivity index (χ4n) is 1.93. The zero-order chi connectivity index (χ0) is 11.3. The highest BCUT2D eigenvalue weighted by atomic mass is 19.1. The highest BCUT2D eigenvalue weighted by Crippen LogP contribution is 2.30. The molecule has 3 N–H and O–H groups in total. The number of nitrogens with zero attached hydrogens (tertiary/aromatic N) is 2. The molecular formula is C10H20FN3O. The van der Waals surface area contributed by atoms with Crippen molar-refractivity contribution >= 4 is 5.84 Å². The molecule has 1 saturated heterocycles. The summed E-state index contributed by atoms with van der Waals surface area (Å²) in [6.45, 7) is 4.35. The van der Waals surface area contributed by atoms with E-state index in [1.165, 1.54) is 0 Å². The first-order valence-corrected chi connectivity index (χ1v) is 5.39. The van der Waals surface area contributed by atoms with Crippen molar-refractivity contribution in [3.8, 4) is 0 Å². The Hall–Kier alpha value is -0.840. The molecule has 1 fully saturated rings. The maximum Gasteiger partial charge on any atom is 0.145 e. The van der Waals surface area contributed by atoms with Crippen LogP contribution < -0.4 is 5.73 Å². The SMILES string of the molecule is CC1(C(N)=NO)CCN(CCCF)CC1. The minimum absolute atomic E-state index is 0.193. The zero-order valence-electron chi connectivity index (χ0n) is 9.25. The Labute approximate surface area is 89.9 Å².